The minimum atomic E-state index is -0.794. The zero-order chi connectivity index (χ0) is 14.4. The average molecular weight is 295 g/mol. The highest BCUT2D eigenvalue weighted by Gasteiger charge is 2.36. The highest BCUT2D eigenvalue weighted by molar-refractivity contribution is 7.09. The standard InChI is InChI=1S/C15H21NO3S/c17-13(16-11-12-5-4-8-20-12)9-15(10-14(18)19)6-2-1-3-7-15/h4-5,8H,1-3,6-7,9-11H2,(H,16,17)(H,18,19). The van der Waals surface area contributed by atoms with E-state index in [9.17, 15) is 9.59 Å². The number of carbonyl (C=O) groups excluding carboxylic acids is 1. The van der Waals surface area contributed by atoms with Crippen LogP contribution in [-0.4, -0.2) is 17.0 Å². The fourth-order valence-electron chi connectivity index (χ4n) is 3.04. The van der Waals surface area contributed by atoms with E-state index < -0.39 is 5.97 Å². The molecular formula is C15H21NO3S. The highest BCUT2D eigenvalue weighted by atomic mass is 32.1. The second kappa shape index (κ2) is 6.88. The van der Waals surface area contributed by atoms with Gasteiger partial charge in [0.25, 0.3) is 0 Å². The molecule has 0 aromatic carbocycles. The van der Waals surface area contributed by atoms with E-state index in [-0.39, 0.29) is 17.7 Å². The van der Waals surface area contributed by atoms with Gasteiger partial charge in [-0.1, -0.05) is 25.3 Å². The Hall–Kier alpha value is -1.36. The van der Waals surface area contributed by atoms with Crippen LogP contribution in [-0.2, 0) is 16.1 Å². The highest BCUT2D eigenvalue weighted by Crippen LogP contribution is 2.42. The lowest BCUT2D eigenvalue weighted by molar-refractivity contribution is -0.141. The number of carboxylic acid groups (broad SMARTS) is 1. The number of thiophene rings is 1. The fraction of sp³-hybridized carbons (Fsp3) is 0.600. The Kier molecular flexibility index (Phi) is 5.17. The van der Waals surface area contributed by atoms with Crippen molar-refractivity contribution < 1.29 is 14.7 Å². The van der Waals surface area contributed by atoms with E-state index in [0.717, 1.165) is 37.0 Å². The van der Waals surface area contributed by atoms with E-state index in [1.54, 1.807) is 11.3 Å². The Morgan fingerprint density at radius 1 is 1.25 bits per heavy atom. The van der Waals surface area contributed by atoms with Crippen LogP contribution in [0.4, 0.5) is 0 Å². The molecular weight excluding hydrogens is 274 g/mol. The van der Waals surface area contributed by atoms with Gasteiger partial charge in [-0.2, -0.15) is 0 Å². The maximum absolute atomic E-state index is 12.1. The average Bonchev–Trinajstić information content (AvgIpc) is 2.89. The maximum Gasteiger partial charge on any atom is 0.303 e. The molecule has 1 aliphatic carbocycles. The van der Waals surface area contributed by atoms with Gasteiger partial charge in [-0.05, 0) is 29.7 Å². The molecule has 0 aliphatic heterocycles. The molecule has 2 N–H and O–H groups in total. The SMILES string of the molecule is O=C(O)CC1(CC(=O)NCc2cccs2)CCCCC1. The molecule has 1 amide bonds. The molecule has 1 heterocycles. The van der Waals surface area contributed by atoms with Crippen LogP contribution in [0.25, 0.3) is 0 Å². The van der Waals surface area contributed by atoms with Gasteiger partial charge in [-0.25, -0.2) is 0 Å². The second-order valence-corrected chi connectivity index (χ2v) is 6.70. The minimum Gasteiger partial charge on any atom is -0.481 e. The molecule has 0 unspecified atom stereocenters. The first-order valence-corrected chi connectivity index (χ1v) is 7.99. The van der Waals surface area contributed by atoms with Gasteiger partial charge in [0.15, 0.2) is 0 Å². The molecule has 4 nitrogen and oxygen atoms in total. The van der Waals surface area contributed by atoms with E-state index in [0.29, 0.717) is 13.0 Å². The van der Waals surface area contributed by atoms with Crippen molar-refractivity contribution in [3.63, 3.8) is 0 Å². The van der Waals surface area contributed by atoms with Gasteiger partial charge in [-0.3, -0.25) is 9.59 Å². The van der Waals surface area contributed by atoms with Gasteiger partial charge < -0.3 is 10.4 Å². The molecule has 1 aromatic rings. The van der Waals surface area contributed by atoms with Crippen LogP contribution in [0.5, 0.6) is 0 Å². The summed E-state index contributed by atoms with van der Waals surface area (Å²) in [4.78, 5) is 24.3. The van der Waals surface area contributed by atoms with Crippen molar-refractivity contribution in [3.8, 4) is 0 Å². The number of hydrogen-bond acceptors (Lipinski definition) is 3. The fourth-order valence-corrected chi connectivity index (χ4v) is 3.69. The number of carboxylic acids is 1. The van der Waals surface area contributed by atoms with Gasteiger partial charge in [0, 0.05) is 11.3 Å². The lowest BCUT2D eigenvalue weighted by Gasteiger charge is -2.35. The van der Waals surface area contributed by atoms with E-state index in [1.165, 1.54) is 0 Å². The minimum absolute atomic E-state index is 0.0263. The molecule has 1 aromatic heterocycles. The monoisotopic (exact) mass is 295 g/mol. The van der Waals surface area contributed by atoms with E-state index in [4.69, 9.17) is 5.11 Å². The van der Waals surface area contributed by atoms with E-state index >= 15 is 0 Å². The Labute approximate surface area is 123 Å². The molecule has 0 radical (unpaired) electrons. The normalized spacial score (nSPS) is 17.6. The number of amides is 1. The molecule has 1 saturated carbocycles. The molecule has 0 bridgehead atoms. The summed E-state index contributed by atoms with van der Waals surface area (Å²) in [6, 6.07) is 3.94. The van der Waals surface area contributed by atoms with Crippen molar-refractivity contribution in [3.05, 3.63) is 22.4 Å². The molecule has 20 heavy (non-hydrogen) atoms. The van der Waals surface area contributed by atoms with Gasteiger partial charge in [0.2, 0.25) is 5.91 Å². The van der Waals surface area contributed by atoms with Crippen LogP contribution < -0.4 is 5.32 Å². The largest absolute Gasteiger partial charge is 0.481 e. The van der Waals surface area contributed by atoms with Crippen molar-refractivity contribution in [2.75, 3.05) is 0 Å². The van der Waals surface area contributed by atoms with Crippen molar-refractivity contribution in [2.45, 2.75) is 51.5 Å². The number of aliphatic carboxylic acids is 1. The Morgan fingerprint density at radius 3 is 2.60 bits per heavy atom. The predicted molar refractivity (Wildman–Crippen MR) is 78.6 cm³/mol. The van der Waals surface area contributed by atoms with Crippen molar-refractivity contribution >= 4 is 23.2 Å². The smallest absolute Gasteiger partial charge is 0.303 e. The third kappa shape index (κ3) is 4.34. The summed E-state index contributed by atoms with van der Waals surface area (Å²) in [5.74, 6) is -0.820. The molecule has 0 spiro atoms. The van der Waals surface area contributed by atoms with Gasteiger partial charge in [0.05, 0.1) is 13.0 Å². The third-order valence-electron chi connectivity index (χ3n) is 4.02. The van der Waals surface area contributed by atoms with Crippen LogP contribution in [0.3, 0.4) is 0 Å². The summed E-state index contributed by atoms with van der Waals surface area (Å²) in [7, 11) is 0. The lowest BCUT2D eigenvalue weighted by atomic mass is 9.69. The molecule has 5 heteroatoms. The predicted octanol–water partition coefficient (Wildman–Crippen LogP) is 3.18. The van der Waals surface area contributed by atoms with E-state index in [1.807, 2.05) is 17.5 Å². The van der Waals surface area contributed by atoms with E-state index in [2.05, 4.69) is 5.32 Å². The van der Waals surface area contributed by atoms with Crippen LogP contribution >= 0.6 is 11.3 Å². The van der Waals surface area contributed by atoms with Crippen LogP contribution in [0.1, 0.15) is 49.8 Å². The number of carbonyl (C=O) groups is 2. The van der Waals surface area contributed by atoms with Crippen LogP contribution in [0, 0.1) is 5.41 Å². The summed E-state index contributed by atoms with van der Waals surface area (Å²) in [5.41, 5.74) is -0.330. The van der Waals surface area contributed by atoms with Gasteiger partial charge in [-0.15, -0.1) is 11.3 Å². The Balaban J connectivity index is 1.89. The quantitative estimate of drug-likeness (QED) is 0.847. The zero-order valence-corrected chi connectivity index (χ0v) is 12.4. The van der Waals surface area contributed by atoms with Crippen molar-refractivity contribution in [1.29, 1.82) is 0 Å². The summed E-state index contributed by atoms with van der Waals surface area (Å²) in [5, 5.41) is 14.0. The first-order valence-electron chi connectivity index (χ1n) is 7.11. The first kappa shape index (κ1) is 15.0. The third-order valence-corrected chi connectivity index (χ3v) is 4.89. The van der Waals surface area contributed by atoms with Gasteiger partial charge in [0.1, 0.15) is 0 Å². The Morgan fingerprint density at radius 2 is 2.00 bits per heavy atom. The molecule has 0 atom stereocenters. The number of rotatable bonds is 6. The van der Waals surface area contributed by atoms with Crippen LogP contribution in [0.2, 0.25) is 0 Å². The molecule has 1 aliphatic rings. The maximum atomic E-state index is 12.1. The number of hydrogen-bond donors (Lipinski definition) is 2. The van der Waals surface area contributed by atoms with Gasteiger partial charge >= 0.3 is 5.97 Å². The van der Waals surface area contributed by atoms with Crippen molar-refractivity contribution in [1.82, 2.24) is 5.32 Å². The molecule has 1 fully saturated rings. The zero-order valence-electron chi connectivity index (χ0n) is 11.6. The summed E-state index contributed by atoms with van der Waals surface area (Å²) < 4.78 is 0. The molecule has 2 rings (SSSR count). The first-order chi connectivity index (χ1) is 9.60. The van der Waals surface area contributed by atoms with Crippen LogP contribution in [0.15, 0.2) is 17.5 Å². The van der Waals surface area contributed by atoms with Crippen molar-refractivity contribution in [2.24, 2.45) is 5.41 Å². The summed E-state index contributed by atoms with van der Waals surface area (Å²) in [6.45, 7) is 0.541. The lowest BCUT2D eigenvalue weighted by Crippen LogP contribution is -2.34. The number of nitrogens with one attached hydrogen (secondary N) is 1. The molecule has 110 valence electrons. The summed E-state index contributed by atoms with van der Waals surface area (Å²) in [6.07, 6.45) is 5.37. The topological polar surface area (TPSA) is 66.4 Å². The second-order valence-electron chi connectivity index (χ2n) is 5.66. The molecule has 0 saturated heterocycles. The summed E-state index contributed by atoms with van der Waals surface area (Å²) >= 11 is 1.61. The Bertz CT molecular complexity index is 450.